The van der Waals surface area contributed by atoms with E-state index in [0.717, 1.165) is 30.9 Å². The van der Waals surface area contributed by atoms with Gasteiger partial charge in [-0.1, -0.05) is 12.1 Å². The van der Waals surface area contributed by atoms with Gasteiger partial charge in [0.2, 0.25) is 0 Å². The Kier molecular flexibility index (Phi) is 7.88. The lowest BCUT2D eigenvalue weighted by Crippen LogP contribution is -2.62. The largest absolute Gasteiger partial charge is 0.481 e. The van der Waals surface area contributed by atoms with Gasteiger partial charge in [0.25, 0.3) is 5.91 Å². The summed E-state index contributed by atoms with van der Waals surface area (Å²) in [4.78, 5) is 23.6. The van der Waals surface area contributed by atoms with Crippen LogP contribution in [0.3, 0.4) is 0 Å². The number of carboxylic acid groups (broad SMARTS) is 1. The molecule has 24 heavy (non-hydrogen) atoms. The molecule has 6 nitrogen and oxygen atoms in total. The molecule has 1 rings (SSSR count). The topological polar surface area (TPSA) is 83.6 Å². The molecule has 0 spiro atoms. The number of amides is 1. The molecule has 0 fully saturated rings. The Hall–Kier alpha value is -1.92. The molecule has 0 unspecified atom stereocenters. The number of hydrogen-bond donors (Lipinski definition) is 2. The van der Waals surface area contributed by atoms with Gasteiger partial charge >= 0.3 is 5.97 Å². The van der Waals surface area contributed by atoms with E-state index in [1.807, 2.05) is 29.3 Å². The second-order valence-corrected chi connectivity index (χ2v) is 5.87. The molecule has 134 valence electrons. The summed E-state index contributed by atoms with van der Waals surface area (Å²) in [5.74, 6) is -0.911. The zero-order valence-electron chi connectivity index (χ0n) is 15.0. The Bertz CT molecular complexity index is 531. The molecule has 0 saturated carbocycles. The van der Waals surface area contributed by atoms with Crippen molar-refractivity contribution in [3.63, 3.8) is 0 Å². The number of quaternary nitrogens is 1. The number of nitrogens with zero attached hydrogens (tertiary/aromatic N) is 2. The first-order chi connectivity index (χ1) is 11.4. The van der Waals surface area contributed by atoms with Crippen molar-refractivity contribution >= 4 is 17.6 Å². The lowest BCUT2D eigenvalue weighted by Gasteiger charge is -2.44. The van der Waals surface area contributed by atoms with Gasteiger partial charge in [0.1, 0.15) is 0 Å². The van der Waals surface area contributed by atoms with Crippen LogP contribution in [-0.4, -0.2) is 41.2 Å². The van der Waals surface area contributed by atoms with Crippen molar-refractivity contribution in [3.8, 4) is 0 Å². The molecule has 0 radical (unpaired) electrons. The Balaban J connectivity index is 3.14. The quantitative estimate of drug-likeness (QED) is 0.508. The summed E-state index contributed by atoms with van der Waals surface area (Å²) < 4.78 is 0.522. The molecule has 1 aromatic carbocycles. The average Bonchev–Trinajstić information content (AvgIpc) is 2.59. The second kappa shape index (κ2) is 9.39. The molecule has 0 aliphatic heterocycles. The van der Waals surface area contributed by atoms with Crippen molar-refractivity contribution in [1.29, 1.82) is 0 Å². The number of rotatable bonds is 10. The van der Waals surface area contributed by atoms with Crippen molar-refractivity contribution in [2.24, 2.45) is 5.73 Å². The highest BCUT2D eigenvalue weighted by molar-refractivity contribution is 5.91. The highest BCUT2D eigenvalue weighted by Crippen LogP contribution is 2.25. The van der Waals surface area contributed by atoms with Crippen LogP contribution in [0.25, 0.3) is 0 Å². The summed E-state index contributed by atoms with van der Waals surface area (Å²) >= 11 is 0. The fraction of sp³-hybridized carbons (Fsp3) is 0.556. The Morgan fingerprint density at radius 2 is 1.58 bits per heavy atom. The van der Waals surface area contributed by atoms with Gasteiger partial charge < -0.3 is 10.8 Å². The molecule has 0 bridgehead atoms. The molecule has 1 aromatic rings. The van der Waals surface area contributed by atoms with Crippen LogP contribution in [0, 0.1) is 0 Å². The number of aliphatic carboxylic acids is 1. The van der Waals surface area contributed by atoms with Gasteiger partial charge in [0, 0.05) is 19.4 Å². The van der Waals surface area contributed by atoms with Gasteiger partial charge in [0.05, 0.1) is 25.3 Å². The Labute approximate surface area is 144 Å². The number of carbonyl (C=O) groups is 2. The zero-order chi connectivity index (χ0) is 18.2. The van der Waals surface area contributed by atoms with Crippen LogP contribution >= 0.6 is 0 Å². The molecule has 0 aliphatic carbocycles. The van der Waals surface area contributed by atoms with Gasteiger partial charge in [0.15, 0.2) is 0 Å². The second-order valence-electron chi connectivity index (χ2n) is 5.87. The number of anilines is 1. The maximum absolute atomic E-state index is 12.9. The van der Waals surface area contributed by atoms with Crippen LogP contribution in [0.15, 0.2) is 24.3 Å². The average molecular weight is 336 g/mol. The molecular weight excluding hydrogens is 306 g/mol. The van der Waals surface area contributed by atoms with E-state index in [-0.39, 0.29) is 18.7 Å². The van der Waals surface area contributed by atoms with E-state index in [4.69, 9.17) is 10.8 Å². The molecule has 3 N–H and O–H groups in total. The van der Waals surface area contributed by atoms with Crippen molar-refractivity contribution in [2.75, 3.05) is 24.6 Å². The predicted octanol–water partition coefficient (Wildman–Crippen LogP) is 2.52. The molecule has 0 heterocycles. The third-order valence-electron chi connectivity index (χ3n) is 4.62. The third-order valence-corrected chi connectivity index (χ3v) is 4.62. The third kappa shape index (κ3) is 4.79. The lowest BCUT2D eigenvalue weighted by molar-refractivity contribution is -0.925. The zero-order valence-corrected chi connectivity index (χ0v) is 15.0. The van der Waals surface area contributed by atoms with Crippen LogP contribution in [0.1, 0.15) is 45.6 Å². The van der Waals surface area contributed by atoms with E-state index < -0.39 is 5.97 Å². The van der Waals surface area contributed by atoms with Gasteiger partial charge in [-0.15, -0.1) is 0 Å². The molecule has 0 aliphatic rings. The lowest BCUT2D eigenvalue weighted by atomic mass is 10.1. The Morgan fingerprint density at radius 1 is 1.04 bits per heavy atom. The summed E-state index contributed by atoms with van der Waals surface area (Å²) in [7, 11) is 0. The number of nitrogens with two attached hydrogens (primary N) is 1. The summed E-state index contributed by atoms with van der Waals surface area (Å²) in [5, 5.41) is 10.6. The molecular formula is C18H30N3O3+. The summed E-state index contributed by atoms with van der Waals surface area (Å²) in [6.45, 7) is 9.03. The van der Waals surface area contributed by atoms with E-state index in [2.05, 4.69) is 20.8 Å². The van der Waals surface area contributed by atoms with Gasteiger partial charge in [-0.2, -0.15) is 5.01 Å². The van der Waals surface area contributed by atoms with Gasteiger partial charge in [-0.25, -0.2) is 4.59 Å². The fourth-order valence-corrected chi connectivity index (χ4v) is 2.99. The molecule has 0 saturated heterocycles. The van der Waals surface area contributed by atoms with E-state index >= 15 is 0 Å². The maximum Gasteiger partial charge on any atom is 0.303 e. The number of hydrogen-bond acceptors (Lipinski definition) is 3. The van der Waals surface area contributed by atoms with Crippen LogP contribution in [0.5, 0.6) is 0 Å². The van der Waals surface area contributed by atoms with Gasteiger partial charge in [-0.3, -0.25) is 9.59 Å². The van der Waals surface area contributed by atoms with E-state index in [1.165, 1.54) is 0 Å². The Morgan fingerprint density at radius 3 is 2.00 bits per heavy atom. The van der Waals surface area contributed by atoms with Crippen molar-refractivity contribution in [3.05, 3.63) is 29.8 Å². The van der Waals surface area contributed by atoms with Crippen LogP contribution in [0.4, 0.5) is 5.69 Å². The van der Waals surface area contributed by atoms with Crippen LogP contribution in [-0.2, 0) is 16.1 Å². The predicted molar refractivity (Wildman–Crippen MR) is 95.2 cm³/mol. The summed E-state index contributed by atoms with van der Waals surface area (Å²) in [6, 6.07) is 7.71. The number of carbonyl (C=O) groups excluding carboxylic acids is 1. The highest BCUT2D eigenvalue weighted by atomic mass is 16.4. The molecule has 1 amide bonds. The van der Waals surface area contributed by atoms with E-state index in [0.29, 0.717) is 17.6 Å². The monoisotopic (exact) mass is 336 g/mol. The highest BCUT2D eigenvalue weighted by Gasteiger charge is 2.35. The maximum atomic E-state index is 12.9. The van der Waals surface area contributed by atoms with Crippen molar-refractivity contribution in [2.45, 2.75) is 46.6 Å². The summed E-state index contributed by atoms with van der Waals surface area (Å²) in [5.41, 5.74) is 7.50. The minimum Gasteiger partial charge on any atom is -0.481 e. The minimum atomic E-state index is -0.871. The van der Waals surface area contributed by atoms with Crippen LogP contribution < -0.4 is 10.7 Å². The smallest absolute Gasteiger partial charge is 0.303 e. The molecule has 6 heteroatoms. The van der Waals surface area contributed by atoms with Crippen molar-refractivity contribution in [1.82, 2.24) is 0 Å². The number of carboxylic acids is 1. The van der Waals surface area contributed by atoms with Crippen LogP contribution in [0.2, 0.25) is 0 Å². The molecule has 0 atom stereocenters. The first-order valence-electron chi connectivity index (χ1n) is 8.64. The first-order valence-corrected chi connectivity index (χ1v) is 8.64. The number of benzene rings is 1. The summed E-state index contributed by atoms with van der Waals surface area (Å²) in [6.07, 6.45) is 0.587. The van der Waals surface area contributed by atoms with Gasteiger partial charge in [-0.05, 0) is 44.9 Å². The van der Waals surface area contributed by atoms with E-state index in [9.17, 15) is 9.59 Å². The fourth-order valence-electron chi connectivity index (χ4n) is 2.99. The molecule has 0 aromatic heterocycles. The standard InChI is InChI=1S/C18H29N3O3/c1-4-21(5-2,6-3)20(17(22)8-7-9-18(23)24)16-12-10-15(14-19)11-13-16/h10-13H,4-9,14,19H2,1-3H3/p+1. The first kappa shape index (κ1) is 20.1. The minimum absolute atomic E-state index is 0.00999. The van der Waals surface area contributed by atoms with E-state index in [1.54, 1.807) is 0 Å². The normalized spacial score (nSPS) is 11.3. The van der Waals surface area contributed by atoms with Crippen molar-refractivity contribution < 1.29 is 19.3 Å². The SMILES string of the molecule is CC[N+](CC)(CC)N(C(=O)CCCC(=O)O)c1ccc(CN)cc1.